The first kappa shape index (κ1) is 17.0. The third-order valence-electron chi connectivity index (χ3n) is 6.05. The number of benzene rings is 1. The van der Waals surface area contributed by atoms with Crippen molar-refractivity contribution in [3.63, 3.8) is 0 Å². The molecule has 1 aromatic rings. The van der Waals surface area contributed by atoms with Crippen molar-refractivity contribution in [1.82, 2.24) is 10.6 Å². The summed E-state index contributed by atoms with van der Waals surface area (Å²) in [6, 6.07) is 10.7. The van der Waals surface area contributed by atoms with Crippen molar-refractivity contribution in [3.05, 3.63) is 35.9 Å². The van der Waals surface area contributed by atoms with Crippen LogP contribution in [0.4, 0.5) is 0 Å². The Labute approximate surface area is 149 Å². The molecule has 2 saturated carbocycles. The Morgan fingerprint density at radius 2 is 1.72 bits per heavy atom. The molecule has 5 heteroatoms. The molecule has 0 atom stereocenters. The summed E-state index contributed by atoms with van der Waals surface area (Å²) in [6.07, 6.45) is 7.02. The first-order chi connectivity index (χ1) is 12.2. The molecule has 1 saturated heterocycles. The van der Waals surface area contributed by atoms with E-state index in [0.717, 1.165) is 38.5 Å². The number of amides is 1. The maximum Gasteiger partial charge on any atom is 0.234 e. The minimum absolute atomic E-state index is 0.0131. The first-order valence-corrected chi connectivity index (χ1v) is 9.58. The van der Waals surface area contributed by atoms with Crippen LogP contribution in [0.3, 0.4) is 0 Å². The SMILES string of the molecule is O=C(CNC1(c2ccccc2)CCC1)NC1CCC2(CC1)OCCO2. The second kappa shape index (κ2) is 7.06. The minimum Gasteiger partial charge on any atom is -0.352 e. The van der Waals surface area contributed by atoms with E-state index >= 15 is 0 Å². The topological polar surface area (TPSA) is 59.6 Å². The summed E-state index contributed by atoms with van der Waals surface area (Å²) in [5.41, 5.74) is 1.28. The van der Waals surface area contributed by atoms with E-state index in [1.165, 1.54) is 12.0 Å². The number of carbonyl (C=O) groups is 1. The Balaban J connectivity index is 1.25. The van der Waals surface area contributed by atoms with Crippen LogP contribution >= 0.6 is 0 Å². The van der Waals surface area contributed by atoms with Gasteiger partial charge in [0.2, 0.25) is 5.91 Å². The summed E-state index contributed by atoms with van der Waals surface area (Å²) in [5, 5.41) is 6.71. The first-order valence-electron chi connectivity index (χ1n) is 9.58. The highest BCUT2D eigenvalue weighted by Gasteiger charge is 2.41. The van der Waals surface area contributed by atoms with Crippen LogP contribution in [0.25, 0.3) is 0 Å². The molecule has 3 fully saturated rings. The highest BCUT2D eigenvalue weighted by Crippen LogP contribution is 2.41. The van der Waals surface area contributed by atoms with Crippen molar-refractivity contribution in [2.24, 2.45) is 0 Å². The fraction of sp³-hybridized carbons (Fsp3) is 0.650. The smallest absolute Gasteiger partial charge is 0.234 e. The van der Waals surface area contributed by atoms with Gasteiger partial charge in [0.05, 0.1) is 19.8 Å². The summed E-state index contributed by atoms with van der Waals surface area (Å²) in [7, 11) is 0. The fourth-order valence-corrected chi connectivity index (χ4v) is 4.37. The van der Waals surface area contributed by atoms with E-state index in [-0.39, 0.29) is 23.3 Å². The molecule has 3 aliphatic rings. The number of hydrogen-bond donors (Lipinski definition) is 2. The standard InChI is InChI=1S/C20H28N2O3/c23-18(22-17-7-11-20(12-8-17)24-13-14-25-20)15-21-19(9-4-10-19)16-5-2-1-3-6-16/h1-3,5-6,17,21H,4,7-15H2,(H,22,23). The van der Waals surface area contributed by atoms with Gasteiger partial charge in [0, 0.05) is 24.4 Å². The molecule has 1 aromatic carbocycles. The van der Waals surface area contributed by atoms with E-state index < -0.39 is 0 Å². The zero-order valence-corrected chi connectivity index (χ0v) is 14.8. The lowest BCUT2D eigenvalue weighted by Crippen LogP contribution is -2.53. The predicted octanol–water partition coefficient (Wildman–Crippen LogP) is 2.46. The van der Waals surface area contributed by atoms with Gasteiger partial charge in [-0.2, -0.15) is 0 Å². The van der Waals surface area contributed by atoms with Crippen LogP contribution in [0.1, 0.15) is 50.5 Å². The second-order valence-electron chi connectivity index (χ2n) is 7.60. The molecule has 4 rings (SSSR count). The van der Waals surface area contributed by atoms with Crippen molar-refractivity contribution in [2.45, 2.75) is 62.3 Å². The molecule has 0 unspecified atom stereocenters. The van der Waals surface area contributed by atoms with E-state index in [2.05, 4.69) is 34.9 Å². The molecule has 0 radical (unpaired) electrons. The van der Waals surface area contributed by atoms with Crippen molar-refractivity contribution >= 4 is 5.91 Å². The van der Waals surface area contributed by atoms with Crippen LogP contribution in [0.15, 0.2) is 30.3 Å². The molecule has 5 nitrogen and oxygen atoms in total. The quantitative estimate of drug-likeness (QED) is 0.861. The highest BCUT2D eigenvalue weighted by atomic mass is 16.7. The average Bonchev–Trinajstić information content (AvgIpc) is 3.05. The van der Waals surface area contributed by atoms with Gasteiger partial charge in [-0.15, -0.1) is 0 Å². The number of rotatable bonds is 5. The van der Waals surface area contributed by atoms with Crippen molar-refractivity contribution in [2.75, 3.05) is 19.8 Å². The molecular weight excluding hydrogens is 316 g/mol. The van der Waals surface area contributed by atoms with Gasteiger partial charge < -0.3 is 14.8 Å². The maximum absolute atomic E-state index is 12.4. The molecule has 1 amide bonds. The number of nitrogens with one attached hydrogen (secondary N) is 2. The van der Waals surface area contributed by atoms with Gasteiger partial charge in [0.1, 0.15) is 0 Å². The Morgan fingerprint density at radius 3 is 2.32 bits per heavy atom. The molecule has 1 heterocycles. The van der Waals surface area contributed by atoms with Crippen LogP contribution in [-0.2, 0) is 19.8 Å². The normalized spacial score (nSPS) is 24.8. The van der Waals surface area contributed by atoms with Gasteiger partial charge in [0.15, 0.2) is 5.79 Å². The lowest BCUT2D eigenvalue weighted by atomic mass is 9.72. The number of hydrogen-bond acceptors (Lipinski definition) is 4. The van der Waals surface area contributed by atoms with Gasteiger partial charge in [-0.1, -0.05) is 30.3 Å². The van der Waals surface area contributed by atoms with E-state index in [1.807, 2.05) is 6.07 Å². The zero-order valence-electron chi connectivity index (χ0n) is 14.8. The molecule has 2 N–H and O–H groups in total. The summed E-state index contributed by atoms with van der Waals surface area (Å²) in [4.78, 5) is 12.4. The van der Waals surface area contributed by atoms with Gasteiger partial charge in [-0.25, -0.2) is 0 Å². The van der Waals surface area contributed by atoms with Gasteiger partial charge in [-0.3, -0.25) is 10.1 Å². The second-order valence-corrected chi connectivity index (χ2v) is 7.60. The molecule has 1 aliphatic heterocycles. The monoisotopic (exact) mass is 344 g/mol. The molecule has 0 bridgehead atoms. The minimum atomic E-state index is -0.358. The van der Waals surface area contributed by atoms with Crippen LogP contribution in [0.5, 0.6) is 0 Å². The third-order valence-corrected chi connectivity index (χ3v) is 6.05. The summed E-state index contributed by atoms with van der Waals surface area (Å²) in [6.45, 7) is 1.77. The van der Waals surface area contributed by atoms with Crippen molar-refractivity contribution in [1.29, 1.82) is 0 Å². The molecule has 1 spiro atoms. The van der Waals surface area contributed by atoms with Crippen LogP contribution in [-0.4, -0.2) is 37.5 Å². The van der Waals surface area contributed by atoms with Crippen molar-refractivity contribution in [3.8, 4) is 0 Å². The van der Waals surface area contributed by atoms with E-state index in [4.69, 9.17) is 9.47 Å². The average molecular weight is 344 g/mol. The van der Waals surface area contributed by atoms with Gasteiger partial charge >= 0.3 is 0 Å². The maximum atomic E-state index is 12.4. The van der Waals surface area contributed by atoms with Gasteiger partial charge in [0.25, 0.3) is 0 Å². The van der Waals surface area contributed by atoms with E-state index in [0.29, 0.717) is 19.8 Å². The molecule has 2 aliphatic carbocycles. The van der Waals surface area contributed by atoms with Crippen molar-refractivity contribution < 1.29 is 14.3 Å². The predicted molar refractivity (Wildman–Crippen MR) is 95.0 cm³/mol. The van der Waals surface area contributed by atoms with Crippen LogP contribution in [0.2, 0.25) is 0 Å². The Hall–Kier alpha value is -1.43. The highest BCUT2D eigenvalue weighted by molar-refractivity contribution is 5.78. The summed E-state index contributed by atoms with van der Waals surface area (Å²) < 4.78 is 11.5. The fourth-order valence-electron chi connectivity index (χ4n) is 4.37. The summed E-state index contributed by atoms with van der Waals surface area (Å²) in [5.74, 6) is -0.264. The third kappa shape index (κ3) is 3.59. The lowest BCUT2D eigenvalue weighted by Gasteiger charge is -2.43. The Morgan fingerprint density at radius 1 is 1.04 bits per heavy atom. The Bertz CT molecular complexity index is 584. The molecule has 0 aromatic heterocycles. The van der Waals surface area contributed by atoms with E-state index in [1.54, 1.807) is 0 Å². The van der Waals surface area contributed by atoms with E-state index in [9.17, 15) is 4.79 Å². The lowest BCUT2D eigenvalue weighted by molar-refractivity contribution is -0.180. The zero-order chi connectivity index (χ0) is 17.2. The Kier molecular flexibility index (Phi) is 4.80. The van der Waals surface area contributed by atoms with Crippen LogP contribution in [0, 0.1) is 0 Å². The number of ether oxygens (including phenoxy) is 2. The largest absolute Gasteiger partial charge is 0.352 e. The summed E-state index contributed by atoms with van der Waals surface area (Å²) >= 11 is 0. The molecular formula is C20H28N2O3. The van der Waals surface area contributed by atoms with Crippen LogP contribution < -0.4 is 10.6 Å². The van der Waals surface area contributed by atoms with Gasteiger partial charge in [-0.05, 0) is 37.7 Å². The molecule has 25 heavy (non-hydrogen) atoms. The number of carbonyl (C=O) groups excluding carboxylic acids is 1. The molecule has 136 valence electrons.